The molecule has 2 aromatic carbocycles. The first-order chi connectivity index (χ1) is 8.20. The van der Waals surface area contributed by atoms with Crippen molar-refractivity contribution in [3.63, 3.8) is 0 Å². The number of hydrogen-bond donors (Lipinski definition) is 1. The second-order valence-corrected chi connectivity index (χ2v) is 3.61. The van der Waals surface area contributed by atoms with Crippen molar-refractivity contribution in [2.24, 2.45) is 0 Å². The van der Waals surface area contributed by atoms with Gasteiger partial charge in [0.2, 0.25) is 0 Å². The third kappa shape index (κ3) is 2.45. The summed E-state index contributed by atoms with van der Waals surface area (Å²) in [7, 11) is 1.33. The number of esters is 1. The Kier molecular flexibility index (Phi) is 3.10. The van der Waals surface area contributed by atoms with Crippen molar-refractivity contribution >= 4 is 22.8 Å². The number of phenolic OH excluding ortho intramolecular Hbond substituents is 1. The van der Waals surface area contributed by atoms with Crippen molar-refractivity contribution in [1.82, 2.24) is 0 Å². The summed E-state index contributed by atoms with van der Waals surface area (Å²) in [6.45, 7) is 0. The number of fused-ring (bicyclic) bond motifs is 1. The number of carbonyl (C=O) groups is 1. The smallest absolute Gasteiger partial charge is 0.330 e. The maximum Gasteiger partial charge on any atom is 0.330 e. The van der Waals surface area contributed by atoms with Gasteiger partial charge in [-0.2, -0.15) is 0 Å². The van der Waals surface area contributed by atoms with Gasteiger partial charge >= 0.3 is 5.97 Å². The maximum atomic E-state index is 11.0. The minimum Gasteiger partial charge on any atom is -0.508 e. The molecule has 0 aliphatic carbocycles. The number of hydrogen-bond acceptors (Lipinski definition) is 3. The van der Waals surface area contributed by atoms with Gasteiger partial charge in [0.25, 0.3) is 0 Å². The quantitative estimate of drug-likeness (QED) is 0.635. The van der Waals surface area contributed by atoms with Crippen molar-refractivity contribution in [1.29, 1.82) is 0 Å². The lowest BCUT2D eigenvalue weighted by Crippen LogP contribution is -1.93. The molecule has 0 spiro atoms. The zero-order valence-electron chi connectivity index (χ0n) is 9.38. The van der Waals surface area contributed by atoms with Crippen LogP contribution in [0.3, 0.4) is 0 Å². The SMILES string of the molecule is COC(=O)C=Cc1cc(O)cc2ccccc12. The van der Waals surface area contributed by atoms with E-state index in [2.05, 4.69) is 4.74 Å². The van der Waals surface area contributed by atoms with Crippen LogP contribution in [-0.2, 0) is 9.53 Å². The normalized spacial score (nSPS) is 10.9. The first-order valence-corrected chi connectivity index (χ1v) is 5.18. The number of phenols is 1. The van der Waals surface area contributed by atoms with E-state index in [0.29, 0.717) is 0 Å². The molecule has 2 aromatic rings. The summed E-state index contributed by atoms with van der Waals surface area (Å²) in [5.41, 5.74) is 0.783. The molecule has 0 aromatic heterocycles. The Morgan fingerprint density at radius 2 is 2.06 bits per heavy atom. The molecule has 17 heavy (non-hydrogen) atoms. The average molecular weight is 228 g/mol. The fourth-order valence-electron chi connectivity index (χ4n) is 1.69. The summed E-state index contributed by atoms with van der Waals surface area (Å²) in [6, 6.07) is 11.0. The molecule has 0 atom stereocenters. The Balaban J connectivity index is 2.52. The Hall–Kier alpha value is -2.29. The van der Waals surface area contributed by atoms with E-state index in [4.69, 9.17) is 0 Å². The molecule has 0 radical (unpaired) electrons. The summed E-state index contributed by atoms with van der Waals surface area (Å²) in [5.74, 6) is -0.245. The average Bonchev–Trinajstić information content (AvgIpc) is 2.35. The second-order valence-electron chi connectivity index (χ2n) is 3.61. The van der Waals surface area contributed by atoms with Crippen molar-refractivity contribution in [3.05, 3.63) is 48.0 Å². The number of benzene rings is 2. The van der Waals surface area contributed by atoms with Crippen LogP contribution < -0.4 is 0 Å². The van der Waals surface area contributed by atoms with Crippen LogP contribution in [0.2, 0.25) is 0 Å². The Morgan fingerprint density at radius 1 is 1.29 bits per heavy atom. The van der Waals surface area contributed by atoms with Gasteiger partial charge in [-0.3, -0.25) is 0 Å². The molecule has 0 heterocycles. The van der Waals surface area contributed by atoms with E-state index in [1.54, 1.807) is 18.2 Å². The van der Waals surface area contributed by atoms with E-state index >= 15 is 0 Å². The van der Waals surface area contributed by atoms with Gasteiger partial charge in [-0.05, 0) is 34.5 Å². The molecule has 2 rings (SSSR count). The van der Waals surface area contributed by atoms with Crippen LogP contribution in [0, 0.1) is 0 Å². The largest absolute Gasteiger partial charge is 0.508 e. The second kappa shape index (κ2) is 4.70. The maximum absolute atomic E-state index is 11.0. The van der Waals surface area contributed by atoms with E-state index in [0.717, 1.165) is 16.3 Å². The zero-order chi connectivity index (χ0) is 12.3. The van der Waals surface area contributed by atoms with Crippen LogP contribution in [0.1, 0.15) is 5.56 Å². The molecular formula is C14H12O3. The van der Waals surface area contributed by atoms with Crippen LogP contribution in [0.25, 0.3) is 16.8 Å². The fourth-order valence-corrected chi connectivity index (χ4v) is 1.69. The fraction of sp³-hybridized carbons (Fsp3) is 0.0714. The van der Waals surface area contributed by atoms with Crippen LogP contribution in [-0.4, -0.2) is 18.2 Å². The molecule has 3 heteroatoms. The third-order valence-electron chi connectivity index (χ3n) is 2.48. The first-order valence-electron chi connectivity index (χ1n) is 5.18. The van der Waals surface area contributed by atoms with Gasteiger partial charge in [0.1, 0.15) is 5.75 Å². The molecule has 0 fully saturated rings. The molecule has 0 unspecified atom stereocenters. The van der Waals surface area contributed by atoms with E-state index in [1.165, 1.54) is 13.2 Å². The first kappa shape index (κ1) is 11.2. The minimum atomic E-state index is -0.419. The number of carbonyl (C=O) groups excluding carboxylic acids is 1. The number of ether oxygens (including phenoxy) is 1. The molecular weight excluding hydrogens is 216 g/mol. The highest BCUT2D eigenvalue weighted by molar-refractivity contribution is 5.95. The summed E-state index contributed by atoms with van der Waals surface area (Å²) >= 11 is 0. The Bertz CT molecular complexity index is 585. The van der Waals surface area contributed by atoms with Gasteiger partial charge in [-0.1, -0.05) is 24.3 Å². The van der Waals surface area contributed by atoms with Crippen LogP contribution in [0.4, 0.5) is 0 Å². The lowest BCUT2D eigenvalue weighted by molar-refractivity contribution is -0.134. The van der Waals surface area contributed by atoms with Crippen molar-refractivity contribution < 1.29 is 14.6 Å². The molecule has 0 amide bonds. The monoisotopic (exact) mass is 228 g/mol. The Morgan fingerprint density at radius 3 is 2.82 bits per heavy atom. The van der Waals surface area contributed by atoms with E-state index < -0.39 is 5.97 Å². The number of aromatic hydroxyl groups is 1. The molecule has 1 N–H and O–H groups in total. The van der Waals surface area contributed by atoms with Crippen LogP contribution in [0.15, 0.2) is 42.5 Å². The van der Waals surface area contributed by atoms with Crippen LogP contribution in [0.5, 0.6) is 5.75 Å². The third-order valence-corrected chi connectivity index (χ3v) is 2.48. The van der Waals surface area contributed by atoms with E-state index in [1.807, 2.05) is 24.3 Å². The highest BCUT2D eigenvalue weighted by Gasteiger charge is 2.01. The molecule has 0 aliphatic heterocycles. The Labute approximate surface area is 99.0 Å². The number of rotatable bonds is 2. The number of methoxy groups -OCH3 is 1. The van der Waals surface area contributed by atoms with Gasteiger partial charge in [0.05, 0.1) is 7.11 Å². The summed E-state index contributed by atoms with van der Waals surface area (Å²) in [4.78, 5) is 11.0. The van der Waals surface area contributed by atoms with Gasteiger partial charge in [-0.15, -0.1) is 0 Å². The predicted molar refractivity (Wildman–Crippen MR) is 66.7 cm³/mol. The van der Waals surface area contributed by atoms with Crippen molar-refractivity contribution in [2.75, 3.05) is 7.11 Å². The highest BCUT2D eigenvalue weighted by atomic mass is 16.5. The summed E-state index contributed by atoms with van der Waals surface area (Å²) in [5, 5.41) is 11.5. The zero-order valence-corrected chi connectivity index (χ0v) is 9.38. The minimum absolute atomic E-state index is 0.174. The summed E-state index contributed by atoms with van der Waals surface area (Å²) < 4.78 is 4.53. The van der Waals surface area contributed by atoms with Gasteiger partial charge < -0.3 is 9.84 Å². The molecule has 0 aliphatic rings. The van der Waals surface area contributed by atoms with Gasteiger partial charge in [-0.25, -0.2) is 4.79 Å². The molecule has 0 saturated carbocycles. The van der Waals surface area contributed by atoms with E-state index in [9.17, 15) is 9.90 Å². The van der Waals surface area contributed by atoms with Gasteiger partial charge in [0.15, 0.2) is 0 Å². The lowest BCUT2D eigenvalue weighted by atomic mass is 10.0. The van der Waals surface area contributed by atoms with E-state index in [-0.39, 0.29) is 5.75 Å². The molecule has 3 nitrogen and oxygen atoms in total. The highest BCUT2D eigenvalue weighted by Crippen LogP contribution is 2.25. The summed E-state index contributed by atoms with van der Waals surface area (Å²) in [6.07, 6.45) is 2.97. The lowest BCUT2D eigenvalue weighted by Gasteiger charge is -2.03. The standard InChI is InChI=1S/C14H12O3/c1-17-14(16)7-6-11-9-12(15)8-10-4-2-3-5-13(10)11/h2-9,15H,1H3. The van der Waals surface area contributed by atoms with Crippen LogP contribution >= 0.6 is 0 Å². The predicted octanol–water partition coefficient (Wildman–Crippen LogP) is 2.73. The molecule has 0 saturated heterocycles. The van der Waals surface area contributed by atoms with Gasteiger partial charge in [0, 0.05) is 6.08 Å². The van der Waals surface area contributed by atoms with Crippen molar-refractivity contribution in [3.8, 4) is 5.75 Å². The topological polar surface area (TPSA) is 46.5 Å². The van der Waals surface area contributed by atoms with Crippen molar-refractivity contribution in [2.45, 2.75) is 0 Å². The molecule has 0 bridgehead atoms. The molecule has 86 valence electrons.